The van der Waals surface area contributed by atoms with Crippen molar-refractivity contribution in [3.63, 3.8) is 0 Å². The van der Waals surface area contributed by atoms with E-state index >= 15 is 0 Å². The number of nitrogens with one attached hydrogen (secondary N) is 2. The molecule has 0 fully saturated rings. The van der Waals surface area contributed by atoms with Crippen LogP contribution in [-0.2, 0) is 23.1 Å². The van der Waals surface area contributed by atoms with Crippen molar-refractivity contribution >= 4 is 44.3 Å². The fraction of sp³-hybridized carbons (Fsp3) is 0.385. The molecule has 0 amide bonds. The number of thiophene rings is 2. The third kappa shape index (κ3) is 5.05. The van der Waals surface area contributed by atoms with Gasteiger partial charge in [0.2, 0.25) is 10.0 Å². The summed E-state index contributed by atoms with van der Waals surface area (Å²) >= 11 is 8.65. The summed E-state index contributed by atoms with van der Waals surface area (Å²) in [5.41, 5.74) is 0. The maximum atomic E-state index is 12.2. The predicted molar refractivity (Wildman–Crippen MR) is 89.7 cm³/mol. The lowest BCUT2D eigenvalue weighted by molar-refractivity contribution is 0.582. The number of halogens is 1. The van der Waals surface area contributed by atoms with Gasteiger partial charge in [0.25, 0.3) is 0 Å². The second-order valence-corrected chi connectivity index (χ2v) is 9.02. The quantitative estimate of drug-likeness (QED) is 0.705. The van der Waals surface area contributed by atoms with Gasteiger partial charge < -0.3 is 5.32 Å². The van der Waals surface area contributed by atoms with E-state index in [4.69, 9.17) is 11.6 Å². The average molecular weight is 365 g/mol. The molecular formula is C13H17ClN2O2S3. The molecule has 0 radical (unpaired) electrons. The molecule has 21 heavy (non-hydrogen) atoms. The SMILES string of the molecule is CCCNCc1cc(S(=O)(=O)NCc2ccc(Cl)s2)cs1. The van der Waals surface area contributed by atoms with Crippen molar-refractivity contribution in [2.24, 2.45) is 0 Å². The normalized spacial score (nSPS) is 11.9. The van der Waals surface area contributed by atoms with Gasteiger partial charge in [0.15, 0.2) is 0 Å². The molecule has 0 saturated carbocycles. The Morgan fingerprint density at radius 3 is 2.71 bits per heavy atom. The number of hydrogen-bond donors (Lipinski definition) is 2. The lowest BCUT2D eigenvalue weighted by Gasteiger charge is -2.03. The van der Waals surface area contributed by atoms with Crippen LogP contribution in [0.15, 0.2) is 28.5 Å². The largest absolute Gasteiger partial charge is 0.312 e. The van der Waals surface area contributed by atoms with E-state index in [9.17, 15) is 8.42 Å². The Kier molecular flexibility index (Phi) is 6.21. The Labute approximate surface area is 138 Å². The summed E-state index contributed by atoms with van der Waals surface area (Å²) in [7, 11) is -3.46. The maximum Gasteiger partial charge on any atom is 0.241 e. The molecule has 0 bridgehead atoms. The molecule has 2 heterocycles. The minimum atomic E-state index is -3.46. The molecule has 2 aromatic heterocycles. The topological polar surface area (TPSA) is 58.2 Å². The van der Waals surface area contributed by atoms with E-state index < -0.39 is 10.0 Å². The highest BCUT2D eigenvalue weighted by Crippen LogP contribution is 2.23. The smallest absolute Gasteiger partial charge is 0.241 e. The molecule has 0 saturated heterocycles. The van der Waals surface area contributed by atoms with Gasteiger partial charge in [-0.1, -0.05) is 18.5 Å². The van der Waals surface area contributed by atoms with Gasteiger partial charge >= 0.3 is 0 Å². The molecule has 4 nitrogen and oxygen atoms in total. The molecule has 116 valence electrons. The van der Waals surface area contributed by atoms with Gasteiger partial charge in [-0.05, 0) is 31.2 Å². The number of sulfonamides is 1. The lowest BCUT2D eigenvalue weighted by atomic mass is 10.4. The van der Waals surface area contributed by atoms with Gasteiger partial charge in [0, 0.05) is 28.2 Å². The van der Waals surface area contributed by atoms with Crippen molar-refractivity contribution < 1.29 is 8.42 Å². The fourth-order valence-corrected chi connectivity index (χ4v) is 5.05. The molecule has 2 aromatic rings. The zero-order valence-electron chi connectivity index (χ0n) is 11.6. The number of rotatable bonds is 8. The number of hydrogen-bond acceptors (Lipinski definition) is 5. The van der Waals surface area contributed by atoms with Gasteiger partial charge in [-0.3, -0.25) is 0 Å². The zero-order chi connectivity index (χ0) is 15.3. The van der Waals surface area contributed by atoms with E-state index in [1.165, 1.54) is 22.7 Å². The molecule has 0 aliphatic rings. The van der Waals surface area contributed by atoms with Crippen molar-refractivity contribution in [2.45, 2.75) is 31.3 Å². The van der Waals surface area contributed by atoms with E-state index in [0.717, 1.165) is 22.7 Å². The van der Waals surface area contributed by atoms with Crippen LogP contribution in [0.3, 0.4) is 0 Å². The van der Waals surface area contributed by atoms with Crippen molar-refractivity contribution in [3.05, 3.63) is 37.7 Å². The van der Waals surface area contributed by atoms with Gasteiger partial charge in [-0.15, -0.1) is 22.7 Å². The second-order valence-electron chi connectivity index (χ2n) is 4.46. The first-order valence-electron chi connectivity index (χ1n) is 6.53. The fourth-order valence-electron chi connectivity index (χ4n) is 1.68. The Morgan fingerprint density at radius 1 is 1.24 bits per heavy atom. The molecule has 0 spiro atoms. The van der Waals surface area contributed by atoms with Crippen LogP contribution >= 0.6 is 34.3 Å². The second kappa shape index (κ2) is 7.71. The van der Waals surface area contributed by atoms with Crippen LogP contribution in [0.4, 0.5) is 0 Å². The van der Waals surface area contributed by atoms with Crippen LogP contribution in [-0.4, -0.2) is 15.0 Å². The van der Waals surface area contributed by atoms with Crippen LogP contribution in [0.5, 0.6) is 0 Å². The highest BCUT2D eigenvalue weighted by atomic mass is 35.5. The van der Waals surface area contributed by atoms with Crippen LogP contribution in [0.25, 0.3) is 0 Å². The Morgan fingerprint density at radius 2 is 2.05 bits per heavy atom. The van der Waals surface area contributed by atoms with E-state index in [-0.39, 0.29) is 6.54 Å². The Hall–Kier alpha value is -0.440. The molecule has 0 atom stereocenters. The molecule has 0 aliphatic carbocycles. The van der Waals surface area contributed by atoms with E-state index in [0.29, 0.717) is 15.8 Å². The molecule has 2 N–H and O–H groups in total. The standard InChI is InChI=1S/C13H17ClN2O2S3/c1-2-5-15-7-11-6-12(9-19-11)21(17,18)16-8-10-3-4-13(14)20-10/h3-4,6,9,15-16H,2,5,7-8H2,1H3. The maximum absolute atomic E-state index is 12.2. The van der Waals surface area contributed by atoms with E-state index in [1.54, 1.807) is 17.5 Å². The lowest BCUT2D eigenvalue weighted by Crippen LogP contribution is -2.22. The summed E-state index contributed by atoms with van der Waals surface area (Å²) in [5.74, 6) is 0. The highest BCUT2D eigenvalue weighted by molar-refractivity contribution is 7.89. The minimum Gasteiger partial charge on any atom is -0.312 e. The first-order chi connectivity index (χ1) is 10.0. The Balaban J connectivity index is 1.95. The third-order valence-corrected chi connectivity index (χ3v) is 6.43. The van der Waals surface area contributed by atoms with Gasteiger partial charge in [-0.25, -0.2) is 13.1 Å². The third-order valence-electron chi connectivity index (χ3n) is 2.73. The summed E-state index contributed by atoms with van der Waals surface area (Å²) in [4.78, 5) is 2.23. The molecular weight excluding hydrogens is 348 g/mol. The first-order valence-corrected chi connectivity index (χ1v) is 10.1. The molecule has 8 heteroatoms. The highest BCUT2D eigenvalue weighted by Gasteiger charge is 2.16. The van der Waals surface area contributed by atoms with Crippen LogP contribution in [0, 0.1) is 0 Å². The minimum absolute atomic E-state index is 0.263. The Bertz CT molecular complexity index is 679. The van der Waals surface area contributed by atoms with Crippen molar-refractivity contribution in [1.82, 2.24) is 10.0 Å². The van der Waals surface area contributed by atoms with E-state index in [1.807, 2.05) is 6.07 Å². The van der Waals surface area contributed by atoms with Crippen LogP contribution < -0.4 is 10.0 Å². The molecule has 2 rings (SSSR count). The monoisotopic (exact) mass is 364 g/mol. The summed E-state index contributed by atoms with van der Waals surface area (Å²) in [6, 6.07) is 5.30. The molecule has 0 aromatic carbocycles. The summed E-state index contributed by atoms with van der Waals surface area (Å²) < 4.78 is 27.7. The van der Waals surface area contributed by atoms with Crippen LogP contribution in [0.2, 0.25) is 4.34 Å². The van der Waals surface area contributed by atoms with Gasteiger partial charge in [-0.2, -0.15) is 0 Å². The summed E-state index contributed by atoms with van der Waals surface area (Å²) in [5, 5.41) is 4.93. The molecule has 0 aliphatic heterocycles. The first kappa shape index (κ1) is 16.9. The van der Waals surface area contributed by atoms with Crippen molar-refractivity contribution in [1.29, 1.82) is 0 Å². The van der Waals surface area contributed by atoms with Crippen molar-refractivity contribution in [3.8, 4) is 0 Å². The van der Waals surface area contributed by atoms with Crippen molar-refractivity contribution in [2.75, 3.05) is 6.54 Å². The molecule has 0 unspecified atom stereocenters. The van der Waals surface area contributed by atoms with Crippen LogP contribution in [0.1, 0.15) is 23.1 Å². The average Bonchev–Trinajstić information content (AvgIpc) is 3.06. The van der Waals surface area contributed by atoms with Gasteiger partial charge in [0.05, 0.1) is 9.23 Å². The van der Waals surface area contributed by atoms with E-state index in [2.05, 4.69) is 17.0 Å². The summed E-state index contributed by atoms with van der Waals surface area (Å²) in [6.07, 6.45) is 1.06. The predicted octanol–water partition coefficient (Wildman–Crippen LogP) is 3.44. The van der Waals surface area contributed by atoms with Gasteiger partial charge in [0.1, 0.15) is 0 Å². The zero-order valence-corrected chi connectivity index (χ0v) is 14.8. The summed E-state index contributed by atoms with van der Waals surface area (Å²) in [6.45, 7) is 3.99.